The zero-order valence-electron chi connectivity index (χ0n) is 18.0. The van der Waals surface area contributed by atoms with Crippen molar-refractivity contribution >= 4 is 23.9 Å². The average Bonchev–Trinajstić information content (AvgIpc) is 2.82. The van der Waals surface area contributed by atoms with E-state index in [1.165, 1.54) is 30.5 Å². The number of hydrogen-bond acceptors (Lipinski definition) is 6. The molecule has 0 atom stereocenters. The molecule has 0 saturated carbocycles. The van der Waals surface area contributed by atoms with Gasteiger partial charge in [0.25, 0.3) is 11.8 Å². The van der Waals surface area contributed by atoms with Crippen LogP contribution in [0.2, 0.25) is 0 Å². The lowest BCUT2D eigenvalue weighted by molar-refractivity contribution is -0.120. The van der Waals surface area contributed by atoms with Gasteiger partial charge in [-0.05, 0) is 54.8 Å². The van der Waals surface area contributed by atoms with E-state index < -0.39 is 5.91 Å². The Kier molecular flexibility index (Phi) is 10.4. The van der Waals surface area contributed by atoms with Crippen molar-refractivity contribution in [2.75, 3.05) is 26.8 Å². The van der Waals surface area contributed by atoms with E-state index in [1.54, 1.807) is 13.2 Å². The van der Waals surface area contributed by atoms with Gasteiger partial charge in [-0.15, -0.1) is 0 Å². The van der Waals surface area contributed by atoms with E-state index in [1.807, 2.05) is 18.2 Å². The van der Waals surface area contributed by atoms with Crippen LogP contribution in [0.5, 0.6) is 5.75 Å². The molecule has 0 radical (unpaired) electrons. The molecule has 0 aliphatic rings. The number of unbranched alkanes of at least 4 members (excludes halogenated alkanes) is 1. The second-order valence-electron chi connectivity index (χ2n) is 6.84. The minimum Gasteiger partial charge on any atom is -0.497 e. The fourth-order valence-electron chi connectivity index (χ4n) is 2.67. The van der Waals surface area contributed by atoms with Gasteiger partial charge in [-0.3, -0.25) is 14.4 Å². The molecule has 170 valence electrons. The van der Waals surface area contributed by atoms with E-state index >= 15 is 0 Å². The summed E-state index contributed by atoms with van der Waals surface area (Å²) in [6, 6.07) is 13.4. The Morgan fingerprint density at radius 1 is 0.969 bits per heavy atom. The number of methoxy groups -OCH3 is 1. The molecule has 2 rings (SSSR count). The molecule has 4 N–H and O–H groups in total. The van der Waals surface area contributed by atoms with E-state index in [2.05, 4.69) is 21.2 Å². The van der Waals surface area contributed by atoms with E-state index in [0.717, 1.165) is 5.56 Å². The minimum absolute atomic E-state index is 0.100. The SMILES string of the molecule is COc1cccc(C=NNC(=O)c2ccc(C(=O)NCCC(=O)NCCCCO)cc2)c1. The number of aliphatic hydroxyl groups excluding tert-OH is 1. The van der Waals surface area contributed by atoms with Gasteiger partial charge in [0.05, 0.1) is 13.3 Å². The molecule has 0 fully saturated rings. The lowest BCUT2D eigenvalue weighted by atomic mass is 10.1. The van der Waals surface area contributed by atoms with Crippen LogP contribution in [-0.4, -0.2) is 55.8 Å². The summed E-state index contributed by atoms with van der Waals surface area (Å²) in [7, 11) is 1.57. The smallest absolute Gasteiger partial charge is 0.271 e. The van der Waals surface area contributed by atoms with Gasteiger partial charge in [0.2, 0.25) is 5.91 Å². The standard InChI is InChI=1S/C23H28N4O5/c1-32-20-6-4-5-17(15-20)16-26-27-23(31)19-9-7-18(8-10-19)22(30)25-13-11-21(29)24-12-2-3-14-28/h4-10,15-16,28H,2-3,11-14H2,1H3,(H,24,29)(H,25,30)(H,27,31). The molecule has 3 amide bonds. The summed E-state index contributed by atoms with van der Waals surface area (Å²) in [6.07, 6.45) is 3.02. The van der Waals surface area contributed by atoms with Crippen LogP contribution in [0.1, 0.15) is 45.5 Å². The maximum atomic E-state index is 12.2. The van der Waals surface area contributed by atoms with E-state index in [0.29, 0.717) is 36.3 Å². The number of aliphatic hydroxyl groups is 1. The molecule has 0 aliphatic carbocycles. The van der Waals surface area contributed by atoms with Crippen LogP contribution < -0.4 is 20.8 Å². The average molecular weight is 441 g/mol. The predicted octanol–water partition coefficient (Wildman–Crippen LogP) is 1.47. The van der Waals surface area contributed by atoms with Crippen molar-refractivity contribution in [3.63, 3.8) is 0 Å². The number of rotatable bonds is 12. The molecule has 0 unspecified atom stereocenters. The van der Waals surface area contributed by atoms with Crippen molar-refractivity contribution in [1.29, 1.82) is 0 Å². The predicted molar refractivity (Wildman–Crippen MR) is 121 cm³/mol. The molecule has 0 bridgehead atoms. The lowest BCUT2D eigenvalue weighted by Crippen LogP contribution is -2.31. The van der Waals surface area contributed by atoms with Gasteiger partial charge < -0.3 is 20.5 Å². The number of nitrogens with zero attached hydrogens (tertiary/aromatic N) is 1. The molecule has 0 aliphatic heterocycles. The fourth-order valence-corrected chi connectivity index (χ4v) is 2.67. The molecule has 32 heavy (non-hydrogen) atoms. The van der Waals surface area contributed by atoms with Crippen molar-refractivity contribution in [2.24, 2.45) is 5.10 Å². The molecular formula is C23H28N4O5. The van der Waals surface area contributed by atoms with Crippen LogP contribution in [0.25, 0.3) is 0 Å². The largest absolute Gasteiger partial charge is 0.497 e. The molecule has 0 spiro atoms. The van der Waals surface area contributed by atoms with Crippen LogP contribution in [0.3, 0.4) is 0 Å². The Hall–Kier alpha value is -3.72. The van der Waals surface area contributed by atoms with Gasteiger partial charge in [-0.25, -0.2) is 5.43 Å². The molecule has 2 aromatic carbocycles. The van der Waals surface area contributed by atoms with Crippen LogP contribution in [0.4, 0.5) is 0 Å². The zero-order valence-corrected chi connectivity index (χ0v) is 18.0. The second-order valence-corrected chi connectivity index (χ2v) is 6.84. The summed E-state index contributed by atoms with van der Waals surface area (Å²) in [5, 5.41) is 18.0. The number of benzene rings is 2. The molecule has 9 heteroatoms. The molecule has 2 aromatic rings. The molecule has 9 nitrogen and oxygen atoms in total. The first-order chi connectivity index (χ1) is 15.5. The highest BCUT2D eigenvalue weighted by atomic mass is 16.5. The van der Waals surface area contributed by atoms with Crippen LogP contribution >= 0.6 is 0 Å². The first kappa shape index (κ1) is 24.5. The summed E-state index contributed by atoms with van der Waals surface area (Å²) in [5.41, 5.74) is 3.94. The molecule has 0 saturated heterocycles. The van der Waals surface area contributed by atoms with Crippen LogP contribution in [0.15, 0.2) is 53.6 Å². The minimum atomic E-state index is -0.408. The summed E-state index contributed by atoms with van der Waals surface area (Å²) in [6.45, 7) is 0.801. The second kappa shape index (κ2) is 13.6. The maximum absolute atomic E-state index is 12.2. The summed E-state index contributed by atoms with van der Waals surface area (Å²) in [4.78, 5) is 36.1. The molecular weight excluding hydrogens is 412 g/mol. The monoisotopic (exact) mass is 440 g/mol. The zero-order chi connectivity index (χ0) is 23.2. The van der Waals surface area contributed by atoms with Crippen molar-refractivity contribution in [2.45, 2.75) is 19.3 Å². The first-order valence-corrected chi connectivity index (χ1v) is 10.3. The van der Waals surface area contributed by atoms with Crippen LogP contribution in [-0.2, 0) is 4.79 Å². The molecule has 0 aromatic heterocycles. The van der Waals surface area contributed by atoms with Gasteiger partial charge >= 0.3 is 0 Å². The van der Waals surface area contributed by atoms with Gasteiger partial charge in [0, 0.05) is 37.2 Å². The lowest BCUT2D eigenvalue weighted by Gasteiger charge is -2.07. The van der Waals surface area contributed by atoms with Crippen LogP contribution in [0, 0.1) is 0 Å². The Labute approximate surface area is 186 Å². The summed E-state index contributed by atoms with van der Waals surface area (Å²) < 4.78 is 5.13. The van der Waals surface area contributed by atoms with Crippen molar-refractivity contribution in [3.8, 4) is 5.75 Å². The summed E-state index contributed by atoms with van der Waals surface area (Å²) in [5.74, 6) is -0.215. The maximum Gasteiger partial charge on any atom is 0.271 e. The first-order valence-electron chi connectivity index (χ1n) is 10.3. The highest BCUT2D eigenvalue weighted by molar-refractivity contribution is 5.98. The van der Waals surface area contributed by atoms with Gasteiger partial charge in [0.1, 0.15) is 5.75 Å². The Morgan fingerprint density at radius 2 is 1.69 bits per heavy atom. The number of carbonyl (C=O) groups excluding carboxylic acids is 3. The Morgan fingerprint density at radius 3 is 2.38 bits per heavy atom. The number of amides is 3. The number of hydrazone groups is 1. The third kappa shape index (κ3) is 8.57. The Bertz CT molecular complexity index is 928. The normalized spacial score (nSPS) is 10.6. The van der Waals surface area contributed by atoms with E-state index in [-0.39, 0.29) is 31.4 Å². The van der Waals surface area contributed by atoms with Gasteiger partial charge in [-0.1, -0.05) is 12.1 Å². The third-order valence-electron chi connectivity index (χ3n) is 4.43. The van der Waals surface area contributed by atoms with Crippen molar-refractivity contribution < 1.29 is 24.2 Å². The molecule has 0 heterocycles. The number of hydrogen-bond donors (Lipinski definition) is 4. The number of nitrogens with one attached hydrogen (secondary N) is 3. The topological polar surface area (TPSA) is 129 Å². The Balaban J connectivity index is 1.76. The highest BCUT2D eigenvalue weighted by Crippen LogP contribution is 2.10. The van der Waals surface area contributed by atoms with E-state index in [9.17, 15) is 14.4 Å². The van der Waals surface area contributed by atoms with Crippen molar-refractivity contribution in [3.05, 3.63) is 65.2 Å². The van der Waals surface area contributed by atoms with Gasteiger partial charge in [-0.2, -0.15) is 5.10 Å². The fraction of sp³-hybridized carbons (Fsp3) is 0.304. The number of carbonyl (C=O) groups is 3. The number of ether oxygens (including phenoxy) is 1. The highest BCUT2D eigenvalue weighted by Gasteiger charge is 2.09. The summed E-state index contributed by atoms with van der Waals surface area (Å²) >= 11 is 0. The quantitative estimate of drug-likeness (QED) is 0.226. The third-order valence-corrected chi connectivity index (χ3v) is 4.43. The van der Waals surface area contributed by atoms with Crippen molar-refractivity contribution in [1.82, 2.24) is 16.1 Å². The van der Waals surface area contributed by atoms with E-state index in [4.69, 9.17) is 9.84 Å². The van der Waals surface area contributed by atoms with Gasteiger partial charge in [0.15, 0.2) is 0 Å².